The molecule has 1 aliphatic rings. The Morgan fingerprint density at radius 1 is 1.42 bits per heavy atom. The number of hydrogen-bond donors (Lipinski definition) is 2. The van der Waals surface area contributed by atoms with Crippen LogP contribution in [-0.4, -0.2) is 28.8 Å². The molecule has 0 aromatic rings. The molecule has 1 rings (SSSR count). The van der Waals surface area contributed by atoms with Crippen molar-refractivity contribution in [2.24, 2.45) is 0 Å². The first kappa shape index (κ1) is 8.70. The SMILES string of the molecule is O=C1CCC(=O)NC(C(=O)O)C1. The number of hydrogen-bond acceptors (Lipinski definition) is 3. The Bertz CT molecular complexity index is 218. The zero-order valence-electron chi connectivity index (χ0n) is 6.37. The predicted octanol–water partition coefficient (Wildman–Crippen LogP) is -0.691. The smallest absolute Gasteiger partial charge is 0.326 e. The number of amides is 1. The molecular formula is C7H9NO4. The van der Waals surface area contributed by atoms with E-state index in [9.17, 15) is 14.4 Å². The highest BCUT2D eigenvalue weighted by Gasteiger charge is 2.26. The molecular weight excluding hydrogens is 162 g/mol. The molecule has 0 spiro atoms. The first-order valence-corrected chi connectivity index (χ1v) is 3.63. The van der Waals surface area contributed by atoms with Gasteiger partial charge in [-0.25, -0.2) is 4.79 Å². The molecule has 5 heteroatoms. The normalized spacial score (nSPS) is 24.5. The number of ketones is 1. The van der Waals surface area contributed by atoms with Gasteiger partial charge in [-0.2, -0.15) is 0 Å². The van der Waals surface area contributed by atoms with E-state index >= 15 is 0 Å². The lowest BCUT2D eigenvalue weighted by Gasteiger charge is -2.08. The molecule has 66 valence electrons. The summed E-state index contributed by atoms with van der Waals surface area (Å²) in [6.45, 7) is 0. The van der Waals surface area contributed by atoms with E-state index in [2.05, 4.69) is 5.32 Å². The van der Waals surface area contributed by atoms with Crippen LogP contribution in [0.25, 0.3) is 0 Å². The third-order valence-electron chi connectivity index (χ3n) is 1.70. The largest absolute Gasteiger partial charge is 0.480 e. The van der Waals surface area contributed by atoms with Crippen molar-refractivity contribution in [3.8, 4) is 0 Å². The maximum atomic E-state index is 10.9. The van der Waals surface area contributed by atoms with Crippen LogP contribution in [0.2, 0.25) is 0 Å². The van der Waals surface area contributed by atoms with E-state index in [1.807, 2.05) is 0 Å². The van der Waals surface area contributed by atoms with Crippen LogP contribution in [0.15, 0.2) is 0 Å². The molecule has 0 aromatic carbocycles. The molecule has 0 radical (unpaired) electrons. The number of nitrogens with one attached hydrogen (secondary N) is 1. The topological polar surface area (TPSA) is 83.5 Å². The van der Waals surface area contributed by atoms with E-state index in [4.69, 9.17) is 5.11 Å². The van der Waals surface area contributed by atoms with Gasteiger partial charge in [0.25, 0.3) is 0 Å². The monoisotopic (exact) mass is 171 g/mol. The van der Waals surface area contributed by atoms with Gasteiger partial charge >= 0.3 is 5.97 Å². The summed E-state index contributed by atoms with van der Waals surface area (Å²) >= 11 is 0. The Morgan fingerprint density at radius 2 is 2.08 bits per heavy atom. The summed E-state index contributed by atoms with van der Waals surface area (Å²) < 4.78 is 0. The van der Waals surface area contributed by atoms with Crippen molar-refractivity contribution in [2.75, 3.05) is 0 Å². The molecule has 1 unspecified atom stereocenters. The Morgan fingerprint density at radius 3 is 2.67 bits per heavy atom. The third-order valence-corrected chi connectivity index (χ3v) is 1.70. The van der Waals surface area contributed by atoms with Crippen LogP contribution in [0.3, 0.4) is 0 Å². The lowest BCUT2D eigenvalue weighted by atomic mass is 10.1. The first-order chi connectivity index (χ1) is 5.59. The minimum absolute atomic E-state index is 0.0962. The van der Waals surface area contributed by atoms with Gasteiger partial charge < -0.3 is 10.4 Å². The van der Waals surface area contributed by atoms with Crippen LogP contribution in [-0.2, 0) is 14.4 Å². The average molecular weight is 171 g/mol. The number of carbonyl (C=O) groups excluding carboxylic acids is 2. The van der Waals surface area contributed by atoms with Crippen LogP contribution in [0.4, 0.5) is 0 Å². The summed E-state index contributed by atoms with van der Waals surface area (Å²) in [5.74, 6) is -1.70. The highest BCUT2D eigenvalue weighted by Crippen LogP contribution is 2.05. The van der Waals surface area contributed by atoms with Crippen LogP contribution >= 0.6 is 0 Å². The molecule has 5 nitrogen and oxygen atoms in total. The van der Waals surface area contributed by atoms with Crippen LogP contribution in [0.1, 0.15) is 19.3 Å². The standard InChI is InChI=1S/C7H9NO4/c9-4-1-2-6(10)8-5(3-4)7(11)12/h5H,1-3H2,(H,8,10)(H,11,12). The zero-order valence-corrected chi connectivity index (χ0v) is 6.37. The molecule has 1 heterocycles. The second kappa shape index (κ2) is 3.34. The van der Waals surface area contributed by atoms with Crippen LogP contribution < -0.4 is 5.32 Å². The fraction of sp³-hybridized carbons (Fsp3) is 0.571. The summed E-state index contributed by atoms with van der Waals surface area (Å²) in [5, 5.41) is 10.8. The Balaban J connectivity index is 2.68. The maximum absolute atomic E-state index is 10.9. The van der Waals surface area contributed by atoms with Crippen molar-refractivity contribution in [1.82, 2.24) is 5.32 Å². The van der Waals surface area contributed by atoms with Crippen LogP contribution in [0, 0.1) is 0 Å². The Hall–Kier alpha value is -1.39. The molecule has 1 saturated heterocycles. The van der Waals surface area contributed by atoms with Gasteiger partial charge in [-0.05, 0) is 0 Å². The van der Waals surface area contributed by atoms with Crippen molar-refractivity contribution in [2.45, 2.75) is 25.3 Å². The molecule has 2 N–H and O–H groups in total. The van der Waals surface area contributed by atoms with E-state index in [1.165, 1.54) is 0 Å². The summed E-state index contributed by atoms with van der Waals surface area (Å²) in [5.41, 5.74) is 0. The molecule has 1 amide bonds. The van der Waals surface area contributed by atoms with E-state index in [-0.39, 0.29) is 31.0 Å². The fourth-order valence-corrected chi connectivity index (χ4v) is 1.05. The van der Waals surface area contributed by atoms with Gasteiger partial charge in [0.1, 0.15) is 11.8 Å². The van der Waals surface area contributed by atoms with Crippen molar-refractivity contribution in [1.29, 1.82) is 0 Å². The quantitative estimate of drug-likeness (QED) is 0.547. The van der Waals surface area contributed by atoms with Crippen molar-refractivity contribution in [3.05, 3.63) is 0 Å². The minimum atomic E-state index is -1.15. The number of aliphatic carboxylic acids is 1. The number of Topliss-reactive ketones (excluding diaryl/α,β-unsaturated/α-hetero) is 1. The van der Waals surface area contributed by atoms with Gasteiger partial charge in [-0.3, -0.25) is 9.59 Å². The summed E-state index contributed by atoms with van der Waals surface area (Å²) in [7, 11) is 0. The van der Waals surface area contributed by atoms with Gasteiger partial charge in [0.05, 0.1) is 0 Å². The number of carboxylic acid groups (broad SMARTS) is 1. The van der Waals surface area contributed by atoms with Crippen molar-refractivity contribution >= 4 is 17.7 Å². The summed E-state index contributed by atoms with van der Waals surface area (Å²) in [6.07, 6.45) is 0.152. The summed E-state index contributed by atoms with van der Waals surface area (Å²) in [4.78, 5) is 32.1. The minimum Gasteiger partial charge on any atom is -0.480 e. The molecule has 1 aliphatic heterocycles. The van der Waals surface area contributed by atoms with Gasteiger partial charge in [0.2, 0.25) is 5.91 Å². The van der Waals surface area contributed by atoms with E-state index in [1.54, 1.807) is 0 Å². The Kier molecular flexibility index (Phi) is 2.42. The summed E-state index contributed by atoms with van der Waals surface area (Å²) in [6, 6.07) is -1.03. The predicted molar refractivity (Wildman–Crippen MR) is 38.4 cm³/mol. The number of rotatable bonds is 1. The van der Waals surface area contributed by atoms with E-state index in [0.717, 1.165) is 0 Å². The van der Waals surface area contributed by atoms with Gasteiger partial charge in [0, 0.05) is 19.3 Å². The van der Waals surface area contributed by atoms with E-state index < -0.39 is 12.0 Å². The molecule has 0 bridgehead atoms. The second-order valence-electron chi connectivity index (χ2n) is 2.70. The van der Waals surface area contributed by atoms with E-state index in [0.29, 0.717) is 0 Å². The molecule has 0 aromatic heterocycles. The zero-order chi connectivity index (χ0) is 9.14. The van der Waals surface area contributed by atoms with Crippen molar-refractivity contribution < 1.29 is 19.5 Å². The maximum Gasteiger partial charge on any atom is 0.326 e. The lowest BCUT2D eigenvalue weighted by Crippen LogP contribution is -2.39. The highest BCUT2D eigenvalue weighted by molar-refractivity contribution is 5.93. The highest BCUT2D eigenvalue weighted by atomic mass is 16.4. The van der Waals surface area contributed by atoms with Crippen LogP contribution in [0.5, 0.6) is 0 Å². The average Bonchev–Trinajstić information content (AvgIpc) is 2.13. The molecule has 0 aliphatic carbocycles. The molecule has 12 heavy (non-hydrogen) atoms. The lowest BCUT2D eigenvalue weighted by molar-refractivity contribution is -0.142. The number of carboxylic acids is 1. The third kappa shape index (κ3) is 2.05. The van der Waals surface area contributed by atoms with Gasteiger partial charge in [-0.15, -0.1) is 0 Å². The number of carbonyl (C=O) groups is 3. The van der Waals surface area contributed by atoms with Gasteiger partial charge in [0.15, 0.2) is 0 Å². The van der Waals surface area contributed by atoms with Crippen molar-refractivity contribution in [3.63, 3.8) is 0 Å². The second-order valence-corrected chi connectivity index (χ2v) is 2.70. The fourth-order valence-electron chi connectivity index (χ4n) is 1.05. The molecule has 1 atom stereocenters. The molecule has 1 fully saturated rings. The van der Waals surface area contributed by atoms with Gasteiger partial charge in [-0.1, -0.05) is 0 Å². The molecule has 0 saturated carbocycles. The Labute approximate surface area is 68.8 Å². The first-order valence-electron chi connectivity index (χ1n) is 3.63.